The number of hydrogen-bond acceptors (Lipinski definition) is 8. The van der Waals surface area contributed by atoms with Gasteiger partial charge in [0.25, 0.3) is 0 Å². The molecule has 180 valence electrons. The summed E-state index contributed by atoms with van der Waals surface area (Å²) in [4.78, 5) is 22.3. The highest BCUT2D eigenvalue weighted by Gasteiger charge is 2.52. The first-order valence-corrected chi connectivity index (χ1v) is 10.5. The van der Waals surface area contributed by atoms with E-state index in [2.05, 4.69) is 30.2 Å². The third-order valence-corrected chi connectivity index (χ3v) is 5.29. The molecular weight excluding hydrogens is 445 g/mol. The molecule has 2 aromatic heterocycles. The first-order chi connectivity index (χ1) is 15.6. The molecule has 4 heterocycles. The van der Waals surface area contributed by atoms with Crippen LogP contribution in [0.1, 0.15) is 40.0 Å². The lowest BCUT2D eigenvalue weighted by molar-refractivity contribution is -0.0529. The van der Waals surface area contributed by atoms with Crippen molar-refractivity contribution < 1.29 is 32.2 Å². The van der Waals surface area contributed by atoms with E-state index in [0.29, 0.717) is 19.3 Å². The number of nitrogens with zero attached hydrogens (tertiary/aromatic N) is 4. The number of nitrogens with one attached hydrogen (secondary N) is 2. The number of piperidine rings is 1. The molecule has 2 aromatic rings. The maximum absolute atomic E-state index is 15.3. The Hall–Kier alpha value is -3.25. The topological polar surface area (TPSA) is 114 Å². The Morgan fingerprint density at radius 3 is 2.79 bits per heavy atom. The van der Waals surface area contributed by atoms with Crippen LogP contribution in [0, 0.1) is 0 Å². The van der Waals surface area contributed by atoms with Crippen LogP contribution in [0.2, 0.25) is 0 Å². The number of rotatable bonds is 6. The lowest BCUT2D eigenvalue weighted by atomic mass is 9.98. The van der Waals surface area contributed by atoms with Crippen molar-refractivity contribution in [3.05, 3.63) is 18.5 Å². The van der Waals surface area contributed by atoms with Gasteiger partial charge in [0.1, 0.15) is 17.5 Å². The smallest absolute Gasteiger partial charge is 0.410 e. The molecule has 0 spiro atoms. The summed E-state index contributed by atoms with van der Waals surface area (Å²) in [5.41, 5.74) is -0.667. The number of halogens is 3. The second-order valence-corrected chi connectivity index (χ2v) is 8.89. The Morgan fingerprint density at radius 1 is 1.27 bits per heavy atom. The molecule has 0 aromatic carbocycles. The highest BCUT2D eigenvalue weighted by Crippen LogP contribution is 2.39. The van der Waals surface area contributed by atoms with Crippen LogP contribution in [0.15, 0.2) is 18.5 Å². The van der Waals surface area contributed by atoms with Gasteiger partial charge in [-0.3, -0.25) is 15.0 Å². The standard InChI is InChI=1S/C20H25F3N6O4/c1-20(2,3)33-19(30)29-10-4-5-11(29)17(21)12(6-10)31-16-9-24-8-14(26-16)25-13-7-15(28-27-13)32-18(22)23/h7-12,17-18H,4-6H2,1-3H3,(H2,25,26,27,28)/t10-,11+,12-,17+/m0/s1. The third kappa shape index (κ3) is 5.40. The zero-order valence-electron chi connectivity index (χ0n) is 18.3. The fourth-order valence-corrected chi connectivity index (χ4v) is 4.09. The minimum atomic E-state index is -3.00. The highest BCUT2D eigenvalue weighted by atomic mass is 19.3. The summed E-state index contributed by atoms with van der Waals surface area (Å²) in [6.45, 7) is 2.31. The first-order valence-electron chi connectivity index (χ1n) is 10.5. The van der Waals surface area contributed by atoms with Gasteiger partial charge in [0.05, 0.1) is 18.4 Å². The Bertz CT molecular complexity index is 985. The van der Waals surface area contributed by atoms with E-state index < -0.39 is 36.6 Å². The molecule has 2 aliphatic rings. The van der Waals surface area contributed by atoms with Gasteiger partial charge in [-0.15, -0.1) is 5.10 Å². The SMILES string of the molecule is CC(C)(C)OC(=O)N1[C@H]2CC[C@@H]1[C@@H](F)[C@@H](Oc1cncc(Nc3cc(OC(F)F)n[nH]3)n1)C2. The number of amides is 1. The van der Waals surface area contributed by atoms with E-state index in [9.17, 15) is 13.6 Å². The van der Waals surface area contributed by atoms with Gasteiger partial charge >= 0.3 is 12.7 Å². The minimum Gasteiger partial charge on any atom is -0.470 e. The van der Waals surface area contributed by atoms with E-state index in [1.807, 2.05) is 0 Å². The summed E-state index contributed by atoms with van der Waals surface area (Å²) < 4.78 is 55.3. The van der Waals surface area contributed by atoms with E-state index in [1.165, 1.54) is 23.4 Å². The molecule has 2 bridgehead atoms. The molecule has 2 fully saturated rings. The van der Waals surface area contributed by atoms with Crippen molar-refractivity contribution in [3.8, 4) is 11.8 Å². The van der Waals surface area contributed by atoms with Crippen molar-refractivity contribution in [3.63, 3.8) is 0 Å². The van der Waals surface area contributed by atoms with E-state index >= 15 is 4.39 Å². The molecule has 10 nitrogen and oxygen atoms in total. The van der Waals surface area contributed by atoms with Gasteiger partial charge in [-0.2, -0.15) is 13.8 Å². The second kappa shape index (κ2) is 8.94. The van der Waals surface area contributed by atoms with Crippen LogP contribution in [-0.2, 0) is 4.74 Å². The fraction of sp³-hybridized carbons (Fsp3) is 0.600. The lowest BCUT2D eigenvalue weighted by Crippen LogP contribution is -2.57. The quantitative estimate of drug-likeness (QED) is 0.655. The number of aromatic nitrogens is 4. The molecule has 2 N–H and O–H groups in total. The van der Waals surface area contributed by atoms with E-state index in [4.69, 9.17) is 9.47 Å². The summed E-state index contributed by atoms with van der Waals surface area (Å²) in [5.74, 6) is 0.259. The van der Waals surface area contributed by atoms with Gasteiger partial charge in [-0.1, -0.05) is 0 Å². The Balaban J connectivity index is 1.40. The summed E-state index contributed by atoms with van der Waals surface area (Å²) in [6.07, 6.45) is 1.48. The van der Waals surface area contributed by atoms with Crippen LogP contribution in [-0.4, -0.2) is 67.7 Å². The molecule has 4 rings (SSSR count). The number of carbonyl (C=O) groups excluding carboxylic acids is 1. The van der Waals surface area contributed by atoms with E-state index in [-0.39, 0.29) is 29.4 Å². The van der Waals surface area contributed by atoms with Crippen molar-refractivity contribution in [2.24, 2.45) is 0 Å². The minimum absolute atomic E-state index is 0.0846. The zero-order chi connectivity index (χ0) is 23.8. The molecule has 33 heavy (non-hydrogen) atoms. The number of ether oxygens (including phenoxy) is 3. The van der Waals surface area contributed by atoms with Gasteiger partial charge in [-0.05, 0) is 33.6 Å². The molecular formula is C20H25F3N6O4. The summed E-state index contributed by atoms with van der Waals surface area (Å²) in [5, 5.41) is 8.87. The van der Waals surface area contributed by atoms with Gasteiger partial charge in [0.2, 0.25) is 11.8 Å². The predicted octanol–water partition coefficient (Wildman–Crippen LogP) is 3.80. The van der Waals surface area contributed by atoms with Crippen LogP contribution < -0.4 is 14.8 Å². The number of aromatic amines is 1. The fourth-order valence-electron chi connectivity index (χ4n) is 4.09. The normalized spacial score (nSPS) is 24.6. The summed E-state index contributed by atoms with van der Waals surface area (Å²) in [6, 6.07) is 0.411. The molecule has 1 amide bonds. The number of hydrogen-bond donors (Lipinski definition) is 2. The highest BCUT2D eigenvalue weighted by molar-refractivity contribution is 5.70. The van der Waals surface area contributed by atoms with Crippen LogP contribution in [0.4, 0.5) is 29.6 Å². The van der Waals surface area contributed by atoms with E-state index in [1.54, 1.807) is 20.8 Å². The molecule has 2 aliphatic heterocycles. The number of carbonyl (C=O) groups is 1. The van der Waals surface area contributed by atoms with Crippen LogP contribution in [0.3, 0.4) is 0 Å². The van der Waals surface area contributed by atoms with Crippen LogP contribution >= 0.6 is 0 Å². The third-order valence-electron chi connectivity index (χ3n) is 5.29. The lowest BCUT2D eigenvalue weighted by Gasteiger charge is -2.41. The second-order valence-electron chi connectivity index (χ2n) is 8.89. The van der Waals surface area contributed by atoms with Crippen molar-refractivity contribution in [1.29, 1.82) is 0 Å². The van der Waals surface area contributed by atoms with Crippen molar-refractivity contribution in [1.82, 2.24) is 25.1 Å². The number of fused-ring (bicyclic) bond motifs is 2. The Kier molecular flexibility index (Phi) is 6.21. The maximum Gasteiger partial charge on any atom is 0.410 e. The summed E-state index contributed by atoms with van der Waals surface area (Å²) >= 11 is 0. The molecule has 0 unspecified atom stereocenters. The number of anilines is 2. The van der Waals surface area contributed by atoms with Gasteiger partial charge < -0.3 is 19.5 Å². The maximum atomic E-state index is 15.3. The van der Waals surface area contributed by atoms with E-state index in [0.717, 1.165) is 0 Å². The molecule has 2 saturated heterocycles. The van der Waals surface area contributed by atoms with Crippen molar-refractivity contribution in [2.75, 3.05) is 5.32 Å². The zero-order valence-corrected chi connectivity index (χ0v) is 18.3. The average molecular weight is 470 g/mol. The number of alkyl halides is 3. The van der Waals surface area contributed by atoms with Crippen LogP contribution in [0.25, 0.3) is 0 Å². The van der Waals surface area contributed by atoms with Gasteiger partial charge in [0.15, 0.2) is 12.0 Å². The number of H-pyrrole nitrogens is 1. The van der Waals surface area contributed by atoms with Gasteiger partial charge in [-0.25, -0.2) is 9.18 Å². The average Bonchev–Trinajstić information content (AvgIpc) is 3.28. The van der Waals surface area contributed by atoms with Gasteiger partial charge in [0, 0.05) is 18.5 Å². The van der Waals surface area contributed by atoms with Crippen molar-refractivity contribution >= 4 is 17.7 Å². The Labute approximate surface area is 187 Å². The molecule has 13 heteroatoms. The Morgan fingerprint density at radius 2 is 2.06 bits per heavy atom. The first kappa shape index (κ1) is 22.9. The molecule has 0 radical (unpaired) electrons. The molecule has 0 saturated carbocycles. The molecule has 0 aliphatic carbocycles. The monoisotopic (exact) mass is 470 g/mol. The predicted molar refractivity (Wildman–Crippen MR) is 109 cm³/mol. The molecule has 4 atom stereocenters. The van der Waals surface area contributed by atoms with Crippen molar-refractivity contribution in [2.45, 2.75) is 76.6 Å². The van der Waals surface area contributed by atoms with Crippen LogP contribution in [0.5, 0.6) is 11.8 Å². The largest absolute Gasteiger partial charge is 0.470 e. The summed E-state index contributed by atoms with van der Waals surface area (Å²) in [7, 11) is 0.